The van der Waals surface area contributed by atoms with E-state index in [1.54, 1.807) is 86.7 Å². The van der Waals surface area contributed by atoms with E-state index in [2.05, 4.69) is 5.32 Å². The van der Waals surface area contributed by atoms with Crippen LogP contribution in [0.1, 0.15) is 47.9 Å². The van der Waals surface area contributed by atoms with Gasteiger partial charge < -0.3 is 24.2 Å². The Morgan fingerprint density at radius 2 is 1.17 bits per heavy atom. The third-order valence-corrected chi connectivity index (χ3v) is 11.9. The predicted octanol–water partition coefficient (Wildman–Crippen LogP) is 8.30. The zero-order chi connectivity index (χ0) is 43.1. The number of carbonyl (C=O) groups excluding carboxylic acids is 3. The van der Waals surface area contributed by atoms with Crippen LogP contribution < -0.4 is 24.2 Å². The number of phosphoric acid groups is 2. The van der Waals surface area contributed by atoms with Gasteiger partial charge in [-0.15, -0.1) is 23.2 Å². The molecule has 0 aromatic heterocycles. The minimum Gasteiger partial charge on any atom is -0.404 e. The van der Waals surface area contributed by atoms with Gasteiger partial charge in [0.2, 0.25) is 5.91 Å². The number of nitrogens with zero attached hydrogens (tertiary/aromatic N) is 2. The molecule has 2 heterocycles. The summed E-state index contributed by atoms with van der Waals surface area (Å²) >= 11 is 12.8. The van der Waals surface area contributed by atoms with Crippen LogP contribution in [0.3, 0.4) is 0 Å². The number of halogens is 2. The smallest absolute Gasteiger partial charge is 0.404 e. The molecule has 18 heteroatoms. The normalized spacial score (nSPS) is 16.6. The molecule has 312 valence electrons. The van der Waals surface area contributed by atoms with Gasteiger partial charge in [-0.05, 0) is 51.2 Å². The maximum Gasteiger partial charge on any atom is 0.524 e. The van der Waals surface area contributed by atoms with Gasteiger partial charge >= 0.3 is 15.6 Å². The highest BCUT2D eigenvalue weighted by molar-refractivity contribution is 7.47. The van der Waals surface area contributed by atoms with E-state index in [0.717, 1.165) is 11.1 Å². The van der Waals surface area contributed by atoms with E-state index in [9.17, 15) is 43.1 Å². The molecule has 3 amide bonds. The van der Waals surface area contributed by atoms with E-state index in [4.69, 9.17) is 32.2 Å². The van der Waals surface area contributed by atoms with Crippen molar-refractivity contribution >= 4 is 107 Å². The van der Waals surface area contributed by atoms with Crippen LogP contribution in [0.2, 0.25) is 0 Å². The fourth-order valence-corrected chi connectivity index (χ4v) is 8.94. The summed E-state index contributed by atoms with van der Waals surface area (Å²) in [6.07, 6.45) is 5.76. The van der Waals surface area contributed by atoms with Crippen molar-refractivity contribution < 1.29 is 52.1 Å². The van der Waals surface area contributed by atoms with Crippen molar-refractivity contribution in [2.24, 2.45) is 5.92 Å². The van der Waals surface area contributed by atoms with Crippen molar-refractivity contribution in [2.75, 3.05) is 40.0 Å². The summed E-state index contributed by atoms with van der Waals surface area (Å²) in [5, 5.41) is 5.11. The Hall–Kier alpha value is -5.01. The second-order valence-corrected chi connectivity index (χ2v) is 17.6. The Kier molecular flexibility index (Phi) is 12.3. The molecule has 7 rings (SSSR count). The number of rotatable bonds is 12. The van der Waals surface area contributed by atoms with Gasteiger partial charge in [0.1, 0.15) is 11.5 Å². The predicted molar refractivity (Wildman–Crippen MR) is 233 cm³/mol. The Balaban J connectivity index is 1.18. The molecule has 14 nitrogen and oxygen atoms in total. The molecule has 0 radical (unpaired) electrons. The van der Waals surface area contributed by atoms with E-state index in [-0.39, 0.29) is 54.1 Å². The monoisotopic (exact) mass is 893 g/mol. The molecule has 0 saturated carbocycles. The third-order valence-electron chi connectivity index (χ3n) is 10.3. The fourth-order valence-electron chi connectivity index (χ4n) is 7.62. The third kappa shape index (κ3) is 9.02. The van der Waals surface area contributed by atoms with Gasteiger partial charge in [-0.1, -0.05) is 74.5 Å². The van der Waals surface area contributed by atoms with Gasteiger partial charge in [-0.25, -0.2) is 9.13 Å². The Labute approximate surface area is 354 Å². The van der Waals surface area contributed by atoms with Crippen LogP contribution in [0.15, 0.2) is 91.0 Å². The molecule has 60 heavy (non-hydrogen) atoms. The van der Waals surface area contributed by atoms with Gasteiger partial charge in [-0.3, -0.25) is 34.0 Å². The average molecular weight is 895 g/mol. The van der Waals surface area contributed by atoms with Gasteiger partial charge in [0, 0.05) is 83.3 Å². The van der Waals surface area contributed by atoms with Crippen LogP contribution in [-0.4, -0.2) is 62.1 Å². The Bertz CT molecular complexity index is 2710. The zero-order valence-corrected chi connectivity index (χ0v) is 35.4. The van der Waals surface area contributed by atoms with Crippen LogP contribution in [-0.2, 0) is 23.5 Å². The molecular formula is C42H39Cl2N3O11P2. The number of benzene rings is 5. The molecule has 2 aliphatic rings. The first-order valence-electron chi connectivity index (χ1n) is 18.6. The molecule has 0 fully saturated rings. The van der Waals surface area contributed by atoms with Gasteiger partial charge in [0.15, 0.2) is 0 Å². The van der Waals surface area contributed by atoms with Crippen molar-refractivity contribution in [2.45, 2.75) is 25.7 Å². The number of carbonyl (C=O) groups is 3. The first kappa shape index (κ1) is 43.1. The number of nitrogens with one attached hydrogen (secondary N) is 1. The van der Waals surface area contributed by atoms with Crippen molar-refractivity contribution in [1.29, 1.82) is 0 Å². The molecule has 5 N–H and O–H groups in total. The first-order chi connectivity index (χ1) is 28.5. The minimum absolute atomic E-state index is 0.0812. The van der Waals surface area contributed by atoms with Crippen molar-refractivity contribution in [3.8, 4) is 11.5 Å². The van der Waals surface area contributed by atoms with Crippen molar-refractivity contribution in [1.82, 2.24) is 0 Å². The summed E-state index contributed by atoms with van der Waals surface area (Å²) in [7, 11) is -9.89. The number of alkyl halides is 2. The van der Waals surface area contributed by atoms with Crippen LogP contribution in [0.4, 0.5) is 17.1 Å². The maximum absolute atomic E-state index is 13.9. The number of amides is 3. The van der Waals surface area contributed by atoms with Gasteiger partial charge in [0.05, 0.1) is 11.4 Å². The summed E-state index contributed by atoms with van der Waals surface area (Å²) < 4.78 is 33.8. The number of hydrogen-bond acceptors (Lipinski definition) is 7. The van der Waals surface area contributed by atoms with Gasteiger partial charge in [0.25, 0.3) is 11.8 Å². The molecule has 2 atom stereocenters. The first-order valence-corrected chi connectivity index (χ1v) is 22.8. The standard InChI is InChI=1S/C42H39Cl2N3O11P2/c1-24(2)42(50)45-33-17-25(12-15-38(48)46-22-27(20-43)40-31-9-5-3-7-29(31)36(18-34(40)46)57-59(51,52)53)11-13-26(33)14-16-39(49)47-23-28(21-44)41-32-10-6-4-8-30(32)37(19-35(41)47)58-60(54,55)56/h3-19,24,27-28H,20-23H2,1-2H3,(H,45,50)(H2,51,52,53)(H2,54,55,56)/b15-12+,16-14+/t27-,28-/m1/s1. The molecule has 5 aromatic carbocycles. The SMILES string of the molecule is CC(C)C(=O)Nc1cc(/C=C/C(=O)N2C[C@@H](CCl)c3c2cc(OP(=O)(O)O)c2ccccc32)ccc1/C=C/C(=O)N1C[C@@H](CCl)c2c1cc(OP(=O)(O)O)c1ccccc21. The molecule has 0 bridgehead atoms. The van der Waals surface area contributed by atoms with Crippen LogP contribution in [0, 0.1) is 5.92 Å². The molecule has 0 unspecified atom stereocenters. The fraction of sp³-hybridized carbons (Fsp3) is 0.214. The van der Waals surface area contributed by atoms with E-state index in [1.165, 1.54) is 40.2 Å². The second-order valence-electron chi connectivity index (χ2n) is 14.6. The molecule has 2 aliphatic heterocycles. The average Bonchev–Trinajstić information content (AvgIpc) is 3.77. The molecule has 5 aromatic rings. The molecule has 0 spiro atoms. The van der Waals surface area contributed by atoms with Gasteiger partial charge in [-0.2, -0.15) is 0 Å². The number of fused-ring (bicyclic) bond motifs is 6. The van der Waals surface area contributed by atoms with Crippen molar-refractivity contribution in [3.05, 3.63) is 113 Å². The molecular weight excluding hydrogens is 855 g/mol. The lowest BCUT2D eigenvalue weighted by Gasteiger charge is -2.18. The largest absolute Gasteiger partial charge is 0.524 e. The summed E-state index contributed by atoms with van der Waals surface area (Å²) in [5.41, 5.74) is 3.66. The maximum atomic E-state index is 13.9. The number of anilines is 3. The minimum atomic E-state index is -4.95. The Morgan fingerprint density at radius 1 is 0.717 bits per heavy atom. The lowest BCUT2D eigenvalue weighted by Crippen LogP contribution is -2.28. The van der Waals surface area contributed by atoms with Crippen LogP contribution >= 0.6 is 38.8 Å². The Morgan fingerprint density at radius 3 is 1.60 bits per heavy atom. The topological polar surface area (TPSA) is 203 Å². The van der Waals surface area contributed by atoms with E-state index < -0.39 is 33.4 Å². The summed E-state index contributed by atoms with van der Waals surface area (Å²) in [5.74, 6) is -1.96. The van der Waals surface area contributed by atoms with E-state index in [0.29, 0.717) is 49.7 Å². The highest BCUT2D eigenvalue weighted by Crippen LogP contribution is 2.50. The molecule has 0 aliphatic carbocycles. The number of hydrogen-bond donors (Lipinski definition) is 5. The quantitative estimate of drug-likeness (QED) is 0.0458. The number of phosphoric ester groups is 2. The second kappa shape index (κ2) is 17.2. The van der Waals surface area contributed by atoms with Crippen LogP contribution in [0.5, 0.6) is 11.5 Å². The summed E-state index contributed by atoms with van der Waals surface area (Å²) in [6.45, 7) is 3.86. The summed E-state index contributed by atoms with van der Waals surface area (Å²) in [4.78, 5) is 82.1. The zero-order valence-electron chi connectivity index (χ0n) is 32.1. The highest BCUT2D eigenvalue weighted by atomic mass is 35.5. The highest BCUT2D eigenvalue weighted by Gasteiger charge is 2.36. The van der Waals surface area contributed by atoms with E-state index in [1.807, 2.05) is 0 Å². The molecule has 0 saturated heterocycles. The van der Waals surface area contributed by atoms with Crippen LogP contribution in [0.25, 0.3) is 33.7 Å². The lowest BCUT2D eigenvalue weighted by atomic mass is 9.95. The summed E-state index contributed by atoms with van der Waals surface area (Å²) in [6, 6.07) is 21.8. The van der Waals surface area contributed by atoms with E-state index >= 15 is 0 Å². The lowest BCUT2D eigenvalue weighted by molar-refractivity contribution is -0.119. The van der Waals surface area contributed by atoms with Crippen molar-refractivity contribution in [3.63, 3.8) is 0 Å².